The Morgan fingerprint density at radius 3 is 3.16 bits per heavy atom. The van der Waals surface area contributed by atoms with Crippen molar-refractivity contribution in [3.63, 3.8) is 0 Å². The Bertz CT molecular complexity index is 441. The molecule has 0 spiro atoms. The maximum absolute atomic E-state index is 12.1. The van der Waals surface area contributed by atoms with Crippen LogP contribution in [0.3, 0.4) is 0 Å². The molecule has 1 aromatic heterocycles. The summed E-state index contributed by atoms with van der Waals surface area (Å²) in [5.74, 6) is 0.761. The summed E-state index contributed by atoms with van der Waals surface area (Å²) in [7, 11) is 0. The van der Waals surface area contributed by atoms with Gasteiger partial charge in [0.05, 0.1) is 11.7 Å². The molecule has 0 aliphatic heterocycles. The zero-order valence-electron chi connectivity index (χ0n) is 11.7. The number of carbonyl (C=O) groups excluding carboxylic acids is 1. The van der Waals surface area contributed by atoms with Crippen molar-refractivity contribution < 1.29 is 9.90 Å². The van der Waals surface area contributed by atoms with Gasteiger partial charge in [-0.2, -0.15) is 0 Å². The van der Waals surface area contributed by atoms with Gasteiger partial charge >= 0.3 is 0 Å². The van der Waals surface area contributed by atoms with Crippen molar-refractivity contribution in [3.8, 4) is 0 Å². The van der Waals surface area contributed by atoms with Crippen LogP contribution in [0.2, 0.25) is 0 Å². The average molecular weight is 281 g/mol. The van der Waals surface area contributed by atoms with Gasteiger partial charge in [0.15, 0.2) is 0 Å². The number of carbonyl (C=O) groups is 1. The van der Waals surface area contributed by atoms with Crippen molar-refractivity contribution >= 4 is 17.2 Å². The summed E-state index contributed by atoms with van der Waals surface area (Å²) in [6, 6.07) is 0. The summed E-state index contributed by atoms with van der Waals surface area (Å²) in [5, 5.41) is 14.4. The Kier molecular flexibility index (Phi) is 4.99. The van der Waals surface area contributed by atoms with Gasteiger partial charge in [0.2, 0.25) is 0 Å². The van der Waals surface area contributed by atoms with Crippen LogP contribution in [-0.4, -0.2) is 23.7 Å². The molecule has 4 heteroatoms. The lowest BCUT2D eigenvalue weighted by Gasteiger charge is -2.18. The van der Waals surface area contributed by atoms with Crippen LogP contribution in [0.25, 0.3) is 0 Å². The minimum atomic E-state index is -0.308. The second-order valence-corrected chi connectivity index (χ2v) is 6.47. The predicted octanol–water partition coefficient (Wildman–Crippen LogP) is 2.76. The lowest BCUT2D eigenvalue weighted by atomic mass is 9.88. The zero-order chi connectivity index (χ0) is 13.8. The molecule has 1 aliphatic rings. The van der Waals surface area contributed by atoms with Crippen LogP contribution in [0.15, 0.2) is 5.38 Å². The first kappa shape index (κ1) is 14.5. The molecule has 1 aromatic rings. The van der Waals surface area contributed by atoms with Crippen LogP contribution in [0.5, 0.6) is 0 Å². The maximum Gasteiger partial charge on any atom is 0.252 e. The van der Waals surface area contributed by atoms with E-state index in [1.165, 1.54) is 16.9 Å². The van der Waals surface area contributed by atoms with Crippen LogP contribution < -0.4 is 5.32 Å². The van der Waals surface area contributed by atoms with E-state index in [4.69, 9.17) is 0 Å². The van der Waals surface area contributed by atoms with Crippen molar-refractivity contribution in [1.29, 1.82) is 0 Å². The quantitative estimate of drug-likeness (QED) is 0.872. The molecule has 1 heterocycles. The summed E-state index contributed by atoms with van der Waals surface area (Å²) >= 11 is 1.72. The van der Waals surface area contributed by atoms with E-state index in [-0.39, 0.29) is 12.0 Å². The highest BCUT2D eigenvalue weighted by atomic mass is 32.1. The van der Waals surface area contributed by atoms with Crippen LogP contribution in [0.4, 0.5) is 0 Å². The van der Waals surface area contributed by atoms with E-state index in [1.54, 1.807) is 11.3 Å². The molecular formula is C15H23NO2S. The number of amides is 1. The molecule has 3 nitrogen and oxygen atoms in total. The molecule has 0 bridgehead atoms. The Hall–Kier alpha value is -0.870. The monoisotopic (exact) mass is 281 g/mol. The van der Waals surface area contributed by atoms with Crippen LogP contribution in [-0.2, 0) is 12.8 Å². The van der Waals surface area contributed by atoms with Gasteiger partial charge < -0.3 is 10.4 Å². The maximum atomic E-state index is 12.1. The number of fused-ring (bicyclic) bond motifs is 1. The molecule has 2 rings (SSSR count). The summed E-state index contributed by atoms with van der Waals surface area (Å²) < 4.78 is 0. The Balaban J connectivity index is 1.93. The minimum absolute atomic E-state index is 0.0235. The van der Waals surface area contributed by atoms with Crippen molar-refractivity contribution in [2.24, 2.45) is 5.92 Å². The number of hydrogen-bond acceptors (Lipinski definition) is 3. The highest BCUT2D eigenvalue weighted by molar-refractivity contribution is 7.10. The summed E-state index contributed by atoms with van der Waals surface area (Å²) in [6.45, 7) is 4.77. The Labute approximate surface area is 119 Å². The number of rotatable bonds is 5. The predicted molar refractivity (Wildman–Crippen MR) is 78.8 cm³/mol. The van der Waals surface area contributed by atoms with Gasteiger partial charge in [0, 0.05) is 16.8 Å². The van der Waals surface area contributed by atoms with Gasteiger partial charge in [-0.1, -0.05) is 13.8 Å². The van der Waals surface area contributed by atoms with E-state index in [2.05, 4.69) is 12.2 Å². The molecule has 2 unspecified atom stereocenters. The van der Waals surface area contributed by atoms with Gasteiger partial charge in [0.1, 0.15) is 0 Å². The Morgan fingerprint density at radius 2 is 2.42 bits per heavy atom. The molecule has 1 amide bonds. The lowest BCUT2D eigenvalue weighted by molar-refractivity contribution is 0.0941. The van der Waals surface area contributed by atoms with Crippen molar-refractivity contribution in [1.82, 2.24) is 5.32 Å². The van der Waals surface area contributed by atoms with E-state index < -0.39 is 0 Å². The smallest absolute Gasteiger partial charge is 0.252 e. The normalized spacial score (nSPS) is 19.8. The average Bonchev–Trinajstić information content (AvgIpc) is 2.81. The van der Waals surface area contributed by atoms with E-state index in [1.807, 2.05) is 12.3 Å². The first-order valence-electron chi connectivity index (χ1n) is 7.17. The molecule has 0 aromatic carbocycles. The molecule has 2 atom stereocenters. The highest BCUT2D eigenvalue weighted by Gasteiger charge is 2.22. The first-order chi connectivity index (χ1) is 9.11. The van der Waals surface area contributed by atoms with Gasteiger partial charge in [-0.3, -0.25) is 4.79 Å². The van der Waals surface area contributed by atoms with Gasteiger partial charge in [-0.05, 0) is 43.6 Å². The number of aliphatic hydroxyl groups excluding tert-OH is 1. The van der Waals surface area contributed by atoms with E-state index in [0.29, 0.717) is 13.0 Å². The third-order valence-corrected chi connectivity index (χ3v) is 4.93. The lowest BCUT2D eigenvalue weighted by Crippen LogP contribution is -2.27. The second kappa shape index (κ2) is 6.53. The van der Waals surface area contributed by atoms with Crippen LogP contribution in [0, 0.1) is 5.92 Å². The van der Waals surface area contributed by atoms with Gasteiger partial charge in [0.25, 0.3) is 5.91 Å². The van der Waals surface area contributed by atoms with E-state index in [9.17, 15) is 9.90 Å². The molecule has 0 saturated carbocycles. The second-order valence-electron chi connectivity index (χ2n) is 5.51. The highest BCUT2D eigenvalue weighted by Crippen LogP contribution is 2.32. The number of aliphatic hydroxyl groups is 1. The minimum Gasteiger partial charge on any atom is -0.393 e. The standard InChI is InChI=1S/C15H23NO2S/c1-3-11(17)6-7-16-15(18)13-9-19-14-8-10(2)4-5-12(13)14/h9-11,17H,3-8H2,1-2H3,(H,16,18). The number of nitrogens with one attached hydrogen (secondary N) is 1. The topological polar surface area (TPSA) is 49.3 Å². The fourth-order valence-corrected chi connectivity index (χ4v) is 3.76. The number of thiophene rings is 1. The fourth-order valence-electron chi connectivity index (χ4n) is 2.52. The number of hydrogen-bond donors (Lipinski definition) is 2. The first-order valence-corrected chi connectivity index (χ1v) is 8.05. The summed E-state index contributed by atoms with van der Waals surface area (Å²) in [4.78, 5) is 13.5. The Morgan fingerprint density at radius 1 is 1.63 bits per heavy atom. The molecule has 106 valence electrons. The van der Waals surface area contributed by atoms with E-state index >= 15 is 0 Å². The SMILES string of the molecule is CCC(O)CCNC(=O)c1csc2c1CCC(C)C2. The third-order valence-electron chi connectivity index (χ3n) is 3.88. The molecule has 0 fully saturated rings. The van der Waals surface area contributed by atoms with E-state index in [0.717, 1.165) is 30.7 Å². The molecule has 0 radical (unpaired) electrons. The van der Waals surface area contributed by atoms with Crippen molar-refractivity contribution in [3.05, 3.63) is 21.4 Å². The molecule has 2 N–H and O–H groups in total. The molecule has 19 heavy (non-hydrogen) atoms. The summed E-state index contributed by atoms with van der Waals surface area (Å²) in [5.41, 5.74) is 2.12. The van der Waals surface area contributed by atoms with Crippen LogP contribution >= 0.6 is 11.3 Å². The van der Waals surface area contributed by atoms with Gasteiger partial charge in [-0.25, -0.2) is 0 Å². The van der Waals surface area contributed by atoms with Gasteiger partial charge in [-0.15, -0.1) is 11.3 Å². The largest absolute Gasteiger partial charge is 0.393 e. The van der Waals surface area contributed by atoms with Crippen LogP contribution in [0.1, 0.15) is 53.9 Å². The zero-order valence-corrected chi connectivity index (χ0v) is 12.6. The molecule has 1 aliphatic carbocycles. The fraction of sp³-hybridized carbons (Fsp3) is 0.667. The molecule has 0 saturated heterocycles. The van der Waals surface area contributed by atoms with Crippen molar-refractivity contribution in [2.75, 3.05) is 6.54 Å². The summed E-state index contributed by atoms with van der Waals surface area (Å²) in [6.07, 6.45) is 4.38. The third kappa shape index (κ3) is 3.57. The molecular weight excluding hydrogens is 258 g/mol. The van der Waals surface area contributed by atoms with Crippen molar-refractivity contribution in [2.45, 2.75) is 52.1 Å².